The number of hydrogen-bond acceptors (Lipinski definition) is 0. The Morgan fingerprint density at radius 3 is 1.71 bits per heavy atom. The zero-order chi connectivity index (χ0) is 21.3. The molecule has 0 N–H and O–H groups in total. The molecule has 0 unspecified atom stereocenters. The highest BCUT2D eigenvalue weighted by Crippen LogP contribution is 2.44. The highest BCUT2D eigenvalue weighted by atomic mass is 14.4. The van der Waals surface area contributed by atoms with Gasteiger partial charge in [0.1, 0.15) is 0 Å². The molecule has 0 heteroatoms. The molecule has 0 spiro atoms. The van der Waals surface area contributed by atoms with Gasteiger partial charge in [-0.05, 0) is 71.2 Å². The summed E-state index contributed by atoms with van der Waals surface area (Å²) in [5.74, 6) is 0. The second-order valence-corrected chi connectivity index (χ2v) is 8.67. The van der Waals surface area contributed by atoms with Crippen LogP contribution in [0.15, 0.2) is 109 Å². The van der Waals surface area contributed by atoms with Gasteiger partial charge in [-0.15, -0.1) is 0 Å². The third-order valence-electron chi connectivity index (χ3n) is 6.92. The quantitative estimate of drug-likeness (QED) is 0.380. The molecule has 0 atom stereocenters. The first-order chi connectivity index (χ1) is 15.2. The summed E-state index contributed by atoms with van der Waals surface area (Å²) in [6.07, 6.45) is 15.5. The van der Waals surface area contributed by atoms with E-state index >= 15 is 0 Å². The lowest BCUT2D eigenvalue weighted by molar-refractivity contribution is 0.686. The normalized spacial score (nSPS) is 15.3. The van der Waals surface area contributed by atoms with Gasteiger partial charge in [-0.25, -0.2) is 0 Å². The first-order valence-corrected chi connectivity index (χ1v) is 11.2. The average Bonchev–Trinajstić information content (AvgIpc) is 3.54. The van der Waals surface area contributed by atoms with Gasteiger partial charge in [0.15, 0.2) is 0 Å². The largest absolute Gasteiger partial charge is 0.0801 e. The summed E-state index contributed by atoms with van der Waals surface area (Å²) in [4.78, 5) is 0. The van der Waals surface area contributed by atoms with Gasteiger partial charge < -0.3 is 0 Å². The molecule has 0 heterocycles. The smallest absolute Gasteiger partial charge is 0.0426 e. The molecule has 0 saturated carbocycles. The summed E-state index contributed by atoms with van der Waals surface area (Å²) >= 11 is 0. The summed E-state index contributed by atoms with van der Waals surface area (Å²) in [5.41, 5.74) is 10.8. The van der Waals surface area contributed by atoms with Gasteiger partial charge in [-0.2, -0.15) is 0 Å². The number of allylic oxidation sites excluding steroid dienone is 8. The molecule has 0 bridgehead atoms. The van der Waals surface area contributed by atoms with E-state index in [1.54, 1.807) is 0 Å². The van der Waals surface area contributed by atoms with Crippen LogP contribution >= 0.6 is 0 Å². The van der Waals surface area contributed by atoms with Crippen LogP contribution in [0.5, 0.6) is 0 Å². The van der Waals surface area contributed by atoms with E-state index in [1.807, 2.05) is 0 Å². The van der Waals surface area contributed by atoms with Crippen LogP contribution in [0.1, 0.15) is 53.1 Å². The van der Waals surface area contributed by atoms with Crippen LogP contribution in [0.25, 0.3) is 11.1 Å². The molecule has 0 aliphatic heterocycles. The molecule has 0 radical (unpaired) electrons. The first kappa shape index (κ1) is 19.6. The van der Waals surface area contributed by atoms with Crippen LogP contribution in [0.3, 0.4) is 0 Å². The zero-order valence-electron chi connectivity index (χ0n) is 18.3. The van der Waals surface area contributed by atoms with Crippen molar-refractivity contribution in [1.82, 2.24) is 0 Å². The molecule has 152 valence electrons. The maximum atomic E-state index is 2.38. The van der Waals surface area contributed by atoms with Gasteiger partial charge >= 0.3 is 0 Å². The Labute approximate surface area is 186 Å². The van der Waals surface area contributed by atoms with Crippen LogP contribution in [0.4, 0.5) is 0 Å². The second-order valence-electron chi connectivity index (χ2n) is 8.67. The third kappa shape index (κ3) is 3.33. The highest BCUT2D eigenvalue weighted by Gasteiger charge is 2.34. The van der Waals surface area contributed by atoms with Crippen molar-refractivity contribution in [3.63, 3.8) is 0 Å². The monoisotopic (exact) mass is 400 g/mol. The summed E-state index contributed by atoms with van der Waals surface area (Å²) in [6, 6.07) is 26.6. The summed E-state index contributed by atoms with van der Waals surface area (Å²) in [5, 5.41) is 0. The van der Waals surface area contributed by atoms with E-state index in [9.17, 15) is 0 Å². The van der Waals surface area contributed by atoms with E-state index in [-0.39, 0.29) is 5.41 Å². The van der Waals surface area contributed by atoms with E-state index in [0.717, 1.165) is 12.8 Å². The lowest BCUT2D eigenvalue weighted by Gasteiger charge is -2.35. The van der Waals surface area contributed by atoms with Crippen molar-refractivity contribution < 1.29 is 0 Å². The van der Waals surface area contributed by atoms with Crippen molar-refractivity contribution in [2.45, 2.75) is 32.1 Å². The average molecular weight is 401 g/mol. The van der Waals surface area contributed by atoms with Crippen LogP contribution in [-0.2, 0) is 5.41 Å². The summed E-state index contributed by atoms with van der Waals surface area (Å²) in [7, 11) is 0. The molecule has 0 amide bonds. The fourth-order valence-electron chi connectivity index (χ4n) is 5.24. The highest BCUT2D eigenvalue weighted by molar-refractivity contribution is 5.86. The number of hydrogen-bond donors (Lipinski definition) is 0. The molecular formula is C31H28. The third-order valence-corrected chi connectivity index (χ3v) is 6.92. The van der Waals surface area contributed by atoms with Crippen LogP contribution in [0.2, 0.25) is 0 Å². The van der Waals surface area contributed by atoms with Crippen molar-refractivity contribution in [2.75, 3.05) is 0 Å². The topological polar surface area (TPSA) is 0 Å². The molecule has 3 aromatic carbocycles. The minimum atomic E-state index is -0.227. The van der Waals surface area contributed by atoms with E-state index in [1.165, 1.54) is 44.5 Å². The predicted molar refractivity (Wildman–Crippen MR) is 133 cm³/mol. The van der Waals surface area contributed by atoms with Crippen LogP contribution in [0, 0.1) is 6.92 Å². The van der Waals surface area contributed by atoms with Crippen molar-refractivity contribution >= 4 is 11.1 Å². The fraction of sp³-hybridized carbons (Fsp3) is 0.161. The summed E-state index contributed by atoms with van der Waals surface area (Å²) in [6.45, 7) is 4.70. The van der Waals surface area contributed by atoms with E-state index < -0.39 is 0 Å². The van der Waals surface area contributed by atoms with E-state index in [4.69, 9.17) is 0 Å². The molecule has 0 saturated heterocycles. The maximum absolute atomic E-state index is 2.38. The van der Waals surface area contributed by atoms with E-state index in [0.29, 0.717) is 0 Å². The Kier molecular flexibility index (Phi) is 5.08. The zero-order valence-corrected chi connectivity index (χ0v) is 18.3. The molecule has 0 aromatic heterocycles. The van der Waals surface area contributed by atoms with E-state index in [2.05, 4.69) is 123 Å². The molecule has 31 heavy (non-hydrogen) atoms. The molecule has 0 nitrogen and oxygen atoms in total. The Bertz CT molecular complexity index is 1180. The van der Waals surface area contributed by atoms with Gasteiger partial charge in [0, 0.05) is 5.41 Å². The lowest BCUT2D eigenvalue weighted by atomic mass is 9.68. The Morgan fingerprint density at radius 1 is 0.645 bits per heavy atom. The van der Waals surface area contributed by atoms with Crippen molar-refractivity contribution in [2.24, 2.45) is 0 Å². The summed E-state index contributed by atoms with van der Waals surface area (Å²) < 4.78 is 0. The minimum absolute atomic E-state index is 0.227. The van der Waals surface area contributed by atoms with Gasteiger partial charge in [0.25, 0.3) is 0 Å². The van der Waals surface area contributed by atoms with Gasteiger partial charge in [-0.1, -0.05) is 109 Å². The minimum Gasteiger partial charge on any atom is -0.0801 e. The SMILES string of the molecule is Cc1c(C(C)(c2ccccc2)c2ccccc2)ccc(C2=CC=CC2)c1C1=CC=CC1. The van der Waals surface area contributed by atoms with Crippen LogP contribution < -0.4 is 0 Å². The lowest BCUT2D eigenvalue weighted by Crippen LogP contribution is -2.27. The van der Waals surface area contributed by atoms with Gasteiger partial charge in [-0.3, -0.25) is 0 Å². The fourth-order valence-corrected chi connectivity index (χ4v) is 5.24. The Hall–Kier alpha value is -3.38. The molecule has 5 rings (SSSR count). The standard InChI is InChI=1S/C31H28/c1-23-29(31(2,26-17-5-3-6-18-26)27-19-7-4-8-20-27)22-21-28(24-13-9-10-14-24)30(23)25-15-11-12-16-25/h3-13,15,17-22H,14,16H2,1-2H3. The van der Waals surface area contributed by atoms with Crippen molar-refractivity contribution in [1.29, 1.82) is 0 Å². The molecule has 0 fully saturated rings. The maximum Gasteiger partial charge on any atom is 0.0426 e. The molecule has 2 aliphatic rings. The second kappa shape index (κ2) is 8.04. The van der Waals surface area contributed by atoms with Crippen LogP contribution in [-0.4, -0.2) is 0 Å². The Balaban J connectivity index is 1.77. The molecular weight excluding hydrogens is 372 g/mol. The Morgan fingerprint density at radius 2 is 1.19 bits per heavy atom. The number of benzene rings is 3. The predicted octanol–water partition coefficient (Wildman–Crippen LogP) is 8.04. The molecule has 2 aliphatic carbocycles. The van der Waals surface area contributed by atoms with Crippen molar-refractivity contribution in [3.8, 4) is 0 Å². The van der Waals surface area contributed by atoms with Gasteiger partial charge in [0.05, 0.1) is 0 Å². The molecule has 3 aromatic rings. The number of rotatable bonds is 5. The van der Waals surface area contributed by atoms with Gasteiger partial charge in [0.2, 0.25) is 0 Å². The van der Waals surface area contributed by atoms with Crippen molar-refractivity contribution in [3.05, 3.63) is 143 Å². The first-order valence-electron chi connectivity index (χ1n) is 11.2.